The molecule has 0 saturated heterocycles. The maximum Gasteiger partial charge on any atom is 0.343 e. The molecule has 0 fully saturated rings. The highest BCUT2D eigenvalue weighted by atomic mass is 16.6. The summed E-state index contributed by atoms with van der Waals surface area (Å²) in [6, 6.07) is 3.67. The summed E-state index contributed by atoms with van der Waals surface area (Å²) in [4.78, 5) is 60.3. The Morgan fingerprint density at radius 1 is 1.28 bits per heavy atom. The van der Waals surface area contributed by atoms with Gasteiger partial charge < -0.3 is 10.1 Å². The number of fused-ring (bicyclic) bond motifs is 1. The molecular weight excluding hydrogens is 386 g/mol. The van der Waals surface area contributed by atoms with Crippen LogP contribution in [0.3, 0.4) is 0 Å². The van der Waals surface area contributed by atoms with Gasteiger partial charge in [0.15, 0.2) is 0 Å². The molecule has 12 heteroatoms. The molecule has 0 unspecified atom stereocenters. The summed E-state index contributed by atoms with van der Waals surface area (Å²) in [5.41, 5.74) is -1.02. The van der Waals surface area contributed by atoms with Gasteiger partial charge in [0, 0.05) is 13.1 Å². The van der Waals surface area contributed by atoms with E-state index >= 15 is 0 Å². The minimum atomic E-state index is -0.942. The predicted molar refractivity (Wildman–Crippen MR) is 96.3 cm³/mol. The number of aromatic nitrogens is 2. The quantitative estimate of drug-likeness (QED) is 0.322. The molecule has 3 rings (SSSR count). The first-order valence-corrected chi connectivity index (χ1v) is 8.38. The van der Waals surface area contributed by atoms with Gasteiger partial charge in [-0.1, -0.05) is 6.07 Å². The topological polar surface area (TPSA) is 154 Å². The molecule has 2 aromatic rings. The highest BCUT2D eigenvalue weighted by Crippen LogP contribution is 2.30. The van der Waals surface area contributed by atoms with Gasteiger partial charge in [-0.15, -0.1) is 0 Å². The van der Waals surface area contributed by atoms with E-state index in [0.717, 1.165) is 6.07 Å². The zero-order chi connectivity index (χ0) is 21.3. The zero-order valence-corrected chi connectivity index (χ0v) is 15.4. The molecule has 0 atom stereocenters. The Hall–Kier alpha value is -4.09. The van der Waals surface area contributed by atoms with Crippen LogP contribution < -0.4 is 5.32 Å². The van der Waals surface area contributed by atoms with Gasteiger partial charge in [-0.3, -0.25) is 34.1 Å². The Morgan fingerprint density at radius 2 is 2.00 bits per heavy atom. The molecule has 0 radical (unpaired) electrons. The number of hydrogen-bond acceptors (Lipinski definition) is 8. The molecule has 1 aliphatic heterocycles. The van der Waals surface area contributed by atoms with Crippen molar-refractivity contribution in [3.63, 3.8) is 0 Å². The lowest BCUT2D eigenvalue weighted by Crippen LogP contribution is -2.37. The van der Waals surface area contributed by atoms with Gasteiger partial charge >= 0.3 is 5.97 Å². The van der Waals surface area contributed by atoms with E-state index in [1.54, 1.807) is 6.92 Å². The lowest BCUT2D eigenvalue weighted by molar-refractivity contribution is -0.385. The highest BCUT2D eigenvalue weighted by Gasteiger charge is 2.41. The van der Waals surface area contributed by atoms with E-state index in [4.69, 9.17) is 4.74 Å². The van der Waals surface area contributed by atoms with Crippen LogP contribution >= 0.6 is 0 Å². The number of hydrogen-bond donors (Lipinski definition) is 1. The number of aryl methyl sites for hydroxylation is 1. The monoisotopic (exact) mass is 401 g/mol. The number of nitro groups is 1. The number of nitrogens with zero attached hydrogens (tertiary/aromatic N) is 4. The van der Waals surface area contributed by atoms with Crippen molar-refractivity contribution in [2.75, 3.05) is 18.5 Å². The molecule has 150 valence electrons. The van der Waals surface area contributed by atoms with Crippen LogP contribution in [0.5, 0.6) is 0 Å². The fourth-order valence-electron chi connectivity index (χ4n) is 2.87. The van der Waals surface area contributed by atoms with Gasteiger partial charge in [-0.25, -0.2) is 4.79 Å². The molecule has 1 aromatic heterocycles. The van der Waals surface area contributed by atoms with Crippen LogP contribution in [0.1, 0.15) is 38.0 Å². The van der Waals surface area contributed by atoms with Gasteiger partial charge in [0.1, 0.15) is 23.5 Å². The van der Waals surface area contributed by atoms with Crippen molar-refractivity contribution < 1.29 is 28.8 Å². The van der Waals surface area contributed by atoms with Gasteiger partial charge in [0.05, 0.1) is 23.3 Å². The third kappa shape index (κ3) is 3.42. The summed E-state index contributed by atoms with van der Waals surface area (Å²) in [6.07, 6.45) is 1.21. The van der Waals surface area contributed by atoms with Crippen molar-refractivity contribution in [3.05, 3.63) is 51.2 Å². The number of esters is 1. The normalized spacial score (nSPS) is 12.7. The predicted octanol–water partition coefficient (Wildman–Crippen LogP) is 0.740. The second kappa shape index (κ2) is 7.50. The van der Waals surface area contributed by atoms with E-state index in [1.807, 2.05) is 0 Å². The summed E-state index contributed by atoms with van der Waals surface area (Å²) >= 11 is 0. The molecular formula is C17H15N5O7. The van der Waals surface area contributed by atoms with Crippen LogP contribution in [0.2, 0.25) is 0 Å². The first-order valence-electron chi connectivity index (χ1n) is 8.38. The Morgan fingerprint density at radius 3 is 2.66 bits per heavy atom. The number of ether oxygens (including phenoxy) is 1. The molecule has 0 bridgehead atoms. The van der Waals surface area contributed by atoms with Crippen LogP contribution in [0.15, 0.2) is 24.4 Å². The van der Waals surface area contributed by atoms with Crippen molar-refractivity contribution in [3.8, 4) is 0 Å². The van der Waals surface area contributed by atoms with Crippen LogP contribution in [0.4, 0.5) is 11.5 Å². The Bertz CT molecular complexity index is 1060. The van der Waals surface area contributed by atoms with Crippen molar-refractivity contribution >= 4 is 35.2 Å². The smallest absolute Gasteiger partial charge is 0.343 e. The first kappa shape index (κ1) is 19.7. The number of anilines is 1. The van der Waals surface area contributed by atoms with Crippen molar-refractivity contribution in [2.24, 2.45) is 7.05 Å². The first-order chi connectivity index (χ1) is 13.8. The highest BCUT2D eigenvalue weighted by molar-refractivity contribution is 6.24. The Kier molecular flexibility index (Phi) is 5.08. The minimum absolute atomic E-state index is 0.000647. The Labute approximate surface area is 163 Å². The fourth-order valence-corrected chi connectivity index (χ4v) is 2.87. The summed E-state index contributed by atoms with van der Waals surface area (Å²) in [5, 5.41) is 17.4. The molecule has 29 heavy (non-hydrogen) atoms. The van der Waals surface area contributed by atoms with E-state index < -0.39 is 40.8 Å². The molecule has 1 aromatic carbocycles. The third-order valence-electron chi connectivity index (χ3n) is 4.17. The summed E-state index contributed by atoms with van der Waals surface area (Å²) in [5.74, 6) is -3.23. The van der Waals surface area contributed by atoms with Crippen molar-refractivity contribution in [1.29, 1.82) is 0 Å². The van der Waals surface area contributed by atoms with Gasteiger partial charge in [-0.2, -0.15) is 5.10 Å². The van der Waals surface area contributed by atoms with E-state index in [0.29, 0.717) is 4.90 Å². The van der Waals surface area contributed by atoms with Gasteiger partial charge in [-0.05, 0) is 13.0 Å². The third-order valence-corrected chi connectivity index (χ3v) is 4.17. The number of rotatable bonds is 6. The number of carbonyl (C=O) groups is 4. The molecule has 1 aliphatic rings. The number of benzene rings is 1. The van der Waals surface area contributed by atoms with E-state index in [1.165, 1.54) is 30.1 Å². The van der Waals surface area contributed by atoms with Gasteiger partial charge in [0.25, 0.3) is 17.5 Å². The maximum atomic E-state index is 12.5. The van der Waals surface area contributed by atoms with Crippen LogP contribution in [0.25, 0.3) is 0 Å². The molecule has 3 amide bonds. The van der Waals surface area contributed by atoms with E-state index in [-0.39, 0.29) is 29.1 Å². The van der Waals surface area contributed by atoms with Crippen molar-refractivity contribution in [2.45, 2.75) is 6.92 Å². The number of nitrogens with one attached hydrogen (secondary N) is 1. The number of amides is 3. The van der Waals surface area contributed by atoms with E-state index in [2.05, 4.69) is 10.4 Å². The maximum absolute atomic E-state index is 12.5. The second-order valence-electron chi connectivity index (χ2n) is 5.95. The number of carbonyl (C=O) groups excluding carboxylic acids is 4. The summed E-state index contributed by atoms with van der Waals surface area (Å²) in [6.45, 7) is 1.04. The zero-order valence-electron chi connectivity index (χ0n) is 15.4. The van der Waals surface area contributed by atoms with Crippen LogP contribution in [-0.2, 0) is 16.6 Å². The minimum Gasteiger partial charge on any atom is -0.462 e. The molecule has 0 saturated carbocycles. The average Bonchev–Trinajstić information content (AvgIpc) is 3.15. The number of nitro benzene ring substituents is 1. The SMILES string of the molecule is CCOC(=O)c1cnn(C)c1NC(=O)CN1C(=O)c2cccc([N+](=O)[O-])c2C1=O. The second-order valence-corrected chi connectivity index (χ2v) is 5.95. The molecule has 0 aliphatic carbocycles. The fraction of sp³-hybridized carbons (Fsp3) is 0.235. The summed E-state index contributed by atoms with van der Waals surface area (Å²) in [7, 11) is 1.48. The largest absolute Gasteiger partial charge is 0.462 e. The summed E-state index contributed by atoms with van der Waals surface area (Å²) < 4.78 is 6.10. The van der Waals surface area contributed by atoms with Crippen LogP contribution in [-0.4, -0.2) is 56.4 Å². The Balaban J connectivity index is 1.81. The van der Waals surface area contributed by atoms with Crippen molar-refractivity contribution in [1.82, 2.24) is 14.7 Å². The van der Waals surface area contributed by atoms with Gasteiger partial charge in [0.2, 0.25) is 5.91 Å². The lowest BCUT2D eigenvalue weighted by Gasteiger charge is -2.14. The molecule has 12 nitrogen and oxygen atoms in total. The molecule has 1 N–H and O–H groups in total. The standard InChI is InChI=1S/C17H15N5O7/c1-3-29-17(26)10-7-18-20(2)14(10)19-12(23)8-21-15(24)9-5-4-6-11(22(27)28)13(9)16(21)25/h4-7H,3,8H2,1-2H3,(H,19,23). The lowest BCUT2D eigenvalue weighted by atomic mass is 10.1. The molecule has 2 heterocycles. The average molecular weight is 401 g/mol. The number of imide groups is 1. The van der Waals surface area contributed by atoms with E-state index in [9.17, 15) is 29.3 Å². The molecule has 0 spiro atoms. The van der Waals surface area contributed by atoms with Crippen LogP contribution in [0, 0.1) is 10.1 Å².